The van der Waals surface area contributed by atoms with E-state index < -0.39 is 0 Å². The summed E-state index contributed by atoms with van der Waals surface area (Å²) in [6, 6.07) is 0.637. The SMILES string of the molecule is CCN1CCC(NCc2cnco2)CC1. The van der Waals surface area contributed by atoms with Crippen molar-refractivity contribution in [2.24, 2.45) is 0 Å². The predicted octanol–water partition coefficient (Wildman–Crippen LogP) is 1.25. The minimum atomic E-state index is 0.637. The van der Waals surface area contributed by atoms with E-state index in [0.29, 0.717) is 6.04 Å². The fourth-order valence-corrected chi connectivity index (χ4v) is 2.03. The lowest BCUT2D eigenvalue weighted by molar-refractivity contribution is 0.204. The first-order chi connectivity index (χ1) is 7.38. The van der Waals surface area contributed by atoms with E-state index in [2.05, 4.69) is 22.1 Å². The number of hydrogen-bond donors (Lipinski definition) is 1. The van der Waals surface area contributed by atoms with Crippen molar-refractivity contribution in [3.63, 3.8) is 0 Å². The van der Waals surface area contributed by atoms with Crippen LogP contribution in [0.25, 0.3) is 0 Å². The van der Waals surface area contributed by atoms with Crippen LogP contribution in [0.3, 0.4) is 0 Å². The molecule has 15 heavy (non-hydrogen) atoms. The molecule has 1 fully saturated rings. The largest absolute Gasteiger partial charge is 0.447 e. The highest BCUT2D eigenvalue weighted by atomic mass is 16.3. The Morgan fingerprint density at radius 1 is 1.53 bits per heavy atom. The van der Waals surface area contributed by atoms with Crippen molar-refractivity contribution in [3.05, 3.63) is 18.4 Å². The summed E-state index contributed by atoms with van der Waals surface area (Å²) in [6.45, 7) is 6.63. The molecular weight excluding hydrogens is 190 g/mol. The number of rotatable bonds is 4. The molecule has 0 saturated carbocycles. The van der Waals surface area contributed by atoms with Crippen molar-refractivity contribution in [3.8, 4) is 0 Å². The highest BCUT2D eigenvalue weighted by Crippen LogP contribution is 2.10. The summed E-state index contributed by atoms with van der Waals surface area (Å²) in [4.78, 5) is 6.39. The molecule has 0 radical (unpaired) electrons. The molecule has 1 aliphatic heterocycles. The number of hydrogen-bond acceptors (Lipinski definition) is 4. The molecule has 2 rings (SSSR count). The Labute approximate surface area is 90.7 Å². The monoisotopic (exact) mass is 209 g/mol. The minimum absolute atomic E-state index is 0.637. The van der Waals surface area contributed by atoms with Crippen molar-refractivity contribution in [1.29, 1.82) is 0 Å². The first kappa shape index (κ1) is 10.6. The molecule has 1 saturated heterocycles. The van der Waals surface area contributed by atoms with Gasteiger partial charge in [0, 0.05) is 6.04 Å². The maximum absolute atomic E-state index is 5.18. The fraction of sp³-hybridized carbons (Fsp3) is 0.727. The zero-order valence-electron chi connectivity index (χ0n) is 9.28. The molecule has 0 aliphatic carbocycles. The van der Waals surface area contributed by atoms with Crippen LogP contribution in [-0.2, 0) is 6.54 Å². The van der Waals surface area contributed by atoms with Crippen LogP contribution >= 0.6 is 0 Å². The minimum Gasteiger partial charge on any atom is -0.447 e. The summed E-state index contributed by atoms with van der Waals surface area (Å²) in [5, 5.41) is 3.51. The molecule has 0 aromatic carbocycles. The Balaban J connectivity index is 1.69. The molecule has 0 atom stereocenters. The summed E-state index contributed by atoms with van der Waals surface area (Å²) >= 11 is 0. The van der Waals surface area contributed by atoms with E-state index >= 15 is 0 Å². The molecule has 4 nitrogen and oxygen atoms in total. The molecule has 0 spiro atoms. The summed E-state index contributed by atoms with van der Waals surface area (Å²) in [5.74, 6) is 0.924. The van der Waals surface area contributed by atoms with Crippen molar-refractivity contribution in [2.75, 3.05) is 19.6 Å². The topological polar surface area (TPSA) is 41.3 Å². The third kappa shape index (κ3) is 3.04. The van der Waals surface area contributed by atoms with Gasteiger partial charge in [0.05, 0.1) is 12.7 Å². The zero-order valence-corrected chi connectivity index (χ0v) is 9.28. The first-order valence-corrected chi connectivity index (χ1v) is 5.71. The highest BCUT2D eigenvalue weighted by molar-refractivity contribution is 4.89. The molecule has 0 unspecified atom stereocenters. The van der Waals surface area contributed by atoms with E-state index in [1.165, 1.54) is 38.9 Å². The summed E-state index contributed by atoms with van der Waals surface area (Å²) < 4.78 is 5.18. The molecule has 0 amide bonds. The molecule has 1 aliphatic rings. The molecule has 1 aromatic rings. The van der Waals surface area contributed by atoms with Gasteiger partial charge in [-0.3, -0.25) is 0 Å². The lowest BCUT2D eigenvalue weighted by atomic mass is 10.1. The van der Waals surface area contributed by atoms with Gasteiger partial charge < -0.3 is 14.6 Å². The maximum atomic E-state index is 5.18. The molecule has 4 heteroatoms. The Hall–Kier alpha value is -0.870. The normalized spacial score (nSPS) is 19.5. The van der Waals surface area contributed by atoms with Gasteiger partial charge in [0.2, 0.25) is 0 Å². The quantitative estimate of drug-likeness (QED) is 0.810. The Morgan fingerprint density at radius 3 is 2.93 bits per heavy atom. The number of oxazole rings is 1. The van der Waals surface area contributed by atoms with Gasteiger partial charge in [-0.2, -0.15) is 0 Å². The lowest BCUT2D eigenvalue weighted by Gasteiger charge is -2.31. The van der Waals surface area contributed by atoms with E-state index in [-0.39, 0.29) is 0 Å². The first-order valence-electron chi connectivity index (χ1n) is 5.71. The van der Waals surface area contributed by atoms with Crippen LogP contribution in [0.2, 0.25) is 0 Å². The smallest absolute Gasteiger partial charge is 0.180 e. The second kappa shape index (κ2) is 5.28. The summed E-state index contributed by atoms with van der Waals surface area (Å²) in [6.07, 6.45) is 5.73. The van der Waals surface area contributed by atoms with Crippen LogP contribution in [-0.4, -0.2) is 35.6 Å². The van der Waals surface area contributed by atoms with Gasteiger partial charge >= 0.3 is 0 Å². The van der Waals surface area contributed by atoms with Crippen LogP contribution in [0.5, 0.6) is 0 Å². The van der Waals surface area contributed by atoms with Gasteiger partial charge in [0.25, 0.3) is 0 Å². The van der Waals surface area contributed by atoms with Crippen molar-refractivity contribution in [2.45, 2.75) is 32.4 Å². The molecule has 2 heterocycles. The molecule has 84 valence electrons. The van der Waals surface area contributed by atoms with Gasteiger partial charge in [-0.1, -0.05) is 6.92 Å². The average Bonchev–Trinajstić information content (AvgIpc) is 2.80. The number of aromatic nitrogens is 1. The Kier molecular flexibility index (Phi) is 3.75. The third-order valence-electron chi connectivity index (χ3n) is 3.08. The van der Waals surface area contributed by atoms with Gasteiger partial charge in [0.15, 0.2) is 6.39 Å². The summed E-state index contributed by atoms with van der Waals surface area (Å²) in [5.41, 5.74) is 0. The van der Waals surface area contributed by atoms with Gasteiger partial charge in [-0.05, 0) is 32.5 Å². The van der Waals surface area contributed by atoms with Crippen LogP contribution in [0.15, 0.2) is 17.0 Å². The van der Waals surface area contributed by atoms with Gasteiger partial charge in [-0.15, -0.1) is 0 Å². The van der Waals surface area contributed by atoms with Crippen molar-refractivity contribution < 1.29 is 4.42 Å². The molecule has 1 aromatic heterocycles. The number of nitrogens with zero attached hydrogens (tertiary/aromatic N) is 2. The van der Waals surface area contributed by atoms with Crippen LogP contribution in [0.4, 0.5) is 0 Å². The second-order valence-electron chi connectivity index (χ2n) is 4.06. The average molecular weight is 209 g/mol. The van der Waals surface area contributed by atoms with E-state index in [0.717, 1.165) is 12.3 Å². The van der Waals surface area contributed by atoms with Gasteiger partial charge in [0.1, 0.15) is 5.76 Å². The van der Waals surface area contributed by atoms with Crippen LogP contribution in [0.1, 0.15) is 25.5 Å². The third-order valence-corrected chi connectivity index (χ3v) is 3.08. The molecule has 1 N–H and O–H groups in total. The van der Waals surface area contributed by atoms with Crippen molar-refractivity contribution >= 4 is 0 Å². The zero-order chi connectivity index (χ0) is 10.5. The molecular formula is C11H19N3O. The Bertz CT molecular complexity index is 265. The van der Waals surface area contributed by atoms with Crippen LogP contribution < -0.4 is 5.32 Å². The number of piperidine rings is 1. The van der Waals surface area contributed by atoms with Gasteiger partial charge in [-0.25, -0.2) is 4.98 Å². The summed E-state index contributed by atoms with van der Waals surface area (Å²) in [7, 11) is 0. The van der Waals surface area contributed by atoms with Crippen molar-refractivity contribution in [1.82, 2.24) is 15.2 Å². The van der Waals surface area contributed by atoms with Crippen LogP contribution in [0, 0.1) is 0 Å². The van der Waals surface area contributed by atoms with E-state index in [9.17, 15) is 0 Å². The lowest BCUT2D eigenvalue weighted by Crippen LogP contribution is -2.42. The number of nitrogens with one attached hydrogen (secondary N) is 1. The van der Waals surface area contributed by atoms with E-state index in [1.807, 2.05) is 0 Å². The maximum Gasteiger partial charge on any atom is 0.180 e. The molecule has 0 bridgehead atoms. The highest BCUT2D eigenvalue weighted by Gasteiger charge is 2.17. The number of likely N-dealkylation sites (tertiary alicyclic amines) is 1. The van der Waals surface area contributed by atoms with E-state index in [1.54, 1.807) is 6.20 Å². The van der Waals surface area contributed by atoms with E-state index in [4.69, 9.17) is 4.42 Å². The predicted molar refractivity (Wildman–Crippen MR) is 58.5 cm³/mol. The Morgan fingerprint density at radius 2 is 2.33 bits per heavy atom. The second-order valence-corrected chi connectivity index (χ2v) is 4.06. The fourth-order valence-electron chi connectivity index (χ4n) is 2.03. The standard InChI is InChI=1S/C11H19N3O/c1-2-14-5-3-10(4-6-14)13-8-11-7-12-9-15-11/h7,9-10,13H,2-6,8H2,1H3.